The van der Waals surface area contributed by atoms with Gasteiger partial charge in [-0.1, -0.05) is 6.07 Å². The summed E-state index contributed by atoms with van der Waals surface area (Å²) >= 11 is 0. The van der Waals surface area contributed by atoms with Crippen LogP contribution in [0.15, 0.2) is 18.2 Å². The first-order valence-corrected chi connectivity index (χ1v) is 4.89. The summed E-state index contributed by atoms with van der Waals surface area (Å²) in [5.41, 5.74) is 1.12. The Kier molecular flexibility index (Phi) is 2.30. The minimum Gasteiger partial charge on any atom is -0.507 e. The number of carboxylic acids is 1. The van der Waals surface area contributed by atoms with Gasteiger partial charge in [-0.25, -0.2) is 0 Å². The van der Waals surface area contributed by atoms with E-state index in [9.17, 15) is 9.90 Å². The van der Waals surface area contributed by atoms with Gasteiger partial charge in [0.2, 0.25) is 0 Å². The molecule has 0 aliphatic heterocycles. The number of hydrogen-bond acceptors (Lipinski definition) is 3. The third kappa shape index (κ3) is 1.41. The van der Waals surface area contributed by atoms with Gasteiger partial charge in [0.05, 0.1) is 22.5 Å². The minimum atomic E-state index is -0.937. The van der Waals surface area contributed by atoms with E-state index in [1.54, 1.807) is 26.1 Å². The molecule has 0 aliphatic rings. The molecule has 0 fully saturated rings. The summed E-state index contributed by atoms with van der Waals surface area (Å²) in [4.78, 5) is 11.0. The lowest BCUT2D eigenvalue weighted by Gasteiger charge is -2.07. The molecule has 0 spiro atoms. The average molecular weight is 220 g/mol. The fourth-order valence-electron chi connectivity index (χ4n) is 1.87. The van der Waals surface area contributed by atoms with Crippen molar-refractivity contribution in [1.29, 1.82) is 0 Å². The van der Waals surface area contributed by atoms with Crippen LogP contribution < -0.4 is 0 Å². The van der Waals surface area contributed by atoms with Crippen LogP contribution in [0.2, 0.25) is 0 Å². The van der Waals surface area contributed by atoms with E-state index in [2.05, 4.69) is 5.10 Å². The van der Waals surface area contributed by atoms with Gasteiger partial charge in [-0.05, 0) is 19.1 Å². The van der Waals surface area contributed by atoms with Crippen LogP contribution in [0.5, 0.6) is 5.75 Å². The molecule has 84 valence electrons. The number of benzene rings is 1. The molecule has 2 rings (SSSR count). The minimum absolute atomic E-state index is 0.0636. The van der Waals surface area contributed by atoms with E-state index in [1.807, 2.05) is 0 Å². The zero-order valence-electron chi connectivity index (χ0n) is 9.01. The quantitative estimate of drug-likeness (QED) is 0.803. The van der Waals surface area contributed by atoms with E-state index in [0.717, 1.165) is 0 Å². The fourth-order valence-corrected chi connectivity index (χ4v) is 1.87. The lowest BCUT2D eigenvalue weighted by atomic mass is 10.0. The number of phenolic OH excluding ortho intramolecular Hbond substituents is 1. The second-order valence-corrected chi connectivity index (χ2v) is 3.74. The molecule has 5 nitrogen and oxygen atoms in total. The van der Waals surface area contributed by atoms with Crippen molar-refractivity contribution in [3.63, 3.8) is 0 Å². The van der Waals surface area contributed by atoms with E-state index >= 15 is 0 Å². The molecular weight excluding hydrogens is 208 g/mol. The van der Waals surface area contributed by atoms with Gasteiger partial charge < -0.3 is 10.2 Å². The van der Waals surface area contributed by atoms with E-state index in [4.69, 9.17) is 5.11 Å². The lowest BCUT2D eigenvalue weighted by Crippen LogP contribution is -2.12. The molecule has 0 saturated heterocycles. The van der Waals surface area contributed by atoms with Gasteiger partial charge in [0.15, 0.2) is 0 Å². The van der Waals surface area contributed by atoms with Crippen molar-refractivity contribution >= 4 is 16.9 Å². The Morgan fingerprint density at radius 2 is 2.19 bits per heavy atom. The Morgan fingerprint density at radius 3 is 2.81 bits per heavy atom. The summed E-state index contributed by atoms with van der Waals surface area (Å²) in [6.45, 7) is 1.57. The molecule has 0 radical (unpaired) electrons. The van der Waals surface area contributed by atoms with E-state index in [0.29, 0.717) is 16.6 Å². The van der Waals surface area contributed by atoms with Crippen LogP contribution in [0.25, 0.3) is 10.9 Å². The maximum Gasteiger partial charge on any atom is 0.312 e. The van der Waals surface area contributed by atoms with Crippen LogP contribution >= 0.6 is 0 Å². The highest BCUT2D eigenvalue weighted by molar-refractivity contribution is 5.91. The van der Waals surface area contributed by atoms with Gasteiger partial charge in [-0.15, -0.1) is 0 Å². The van der Waals surface area contributed by atoms with Crippen LogP contribution in [0.4, 0.5) is 0 Å². The van der Waals surface area contributed by atoms with Gasteiger partial charge in [0.1, 0.15) is 5.75 Å². The number of carboxylic acid groups (broad SMARTS) is 1. The molecule has 0 bridgehead atoms. The Balaban J connectivity index is 2.77. The molecule has 2 aromatic rings. The number of aromatic hydroxyl groups is 1. The SMILES string of the molecule is CC(C(=O)O)c1c2c(O)cccc2nn1C. The van der Waals surface area contributed by atoms with E-state index in [1.165, 1.54) is 10.7 Å². The van der Waals surface area contributed by atoms with Crippen molar-refractivity contribution in [2.45, 2.75) is 12.8 Å². The number of phenols is 1. The zero-order valence-corrected chi connectivity index (χ0v) is 9.01. The Bertz CT molecular complexity index is 560. The first kappa shape index (κ1) is 10.5. The van der Waals surface area contributed by atoms with Crippen molar-refractivity contribution in [2.75, 3.05) is 0 Å². The molecule has 16 heavy (non-hydrogen) atoms. The zero-order chi connectivity index (χ0) is 11.9. The second kappa shape index (κ2) is 3.52. The first-order chi connectivity index (χ1) is 7.52. The Labute approximate surface area is 91.9 Å². The summed E-state index contributed by atoms with van der Waals surface area (Å²) < 4.78 is 1.50. The molecule has 5 heteroatoms. The predicted octanol–water partition coefficient (Wildman–Crippen LogP) is 1.47. The topological polar surface area (TPSA) is 75.3 Å². The van der Waals surface area contributed by atoms with Crippen molar-refractivity contribution in [3.8, 4) is 5.75 Å². The van der Waals surface area contributed by atoms with Crippen molar-refractivity contribution < 1.29 is 15.0 Å². The summed E-state index contributed by atoms with van der Waals surface area (Å²) in [5, 5.41) is 23.4. The lowest BCUT2D eigenvalue weighted by molar-refractivity contribution is -0.138. The normalized spacial score (nSPS) is 12.9. The predicted molar refractivity (Wildman–Crippen MR) is 58.4 cm³/mol. The number of nitrogens with zero attached hydrogens (tertiary/aromatic N) is 2. The third-order valence-corrected chi connectivity index (χ3v) is 2.66. The Hall–Kier alpha value is -2.04. The fraction of sp³-hybridized carbons (Fsp3) is 0.273. The molecule has 0 aliphatic carbocycles. The number of carbonyl (C=O) groups is 1. The Morgan fingerprint density at radius 1 is 1.50 bits per heavy atom. The number of fused-ring (bicyclic) bond motifs is 1. The molecule has 2 N–H and O–H groups in total. The van der Waals surface area contributed by atoms with Crippen molar-refractivity contribution in [3.05, 3.63) is 23.9 Å². The highest BCUT2D eigenvalue weighted by Gasteiger charge is 2.23. The molecule has 0 amide bonds. The van der Waals surface area contributed by atoms with Crippen LogP contribution in [-0.2, 0) is 11.8 Å². The highest BCUT2D eigenvalue weighted by Crippen LogP contribution is 2.31. The molecular formula is C11H12N2O3. The van der Waals surface area contributed by atoms with Crippen molar-refractivity contribution in [2.24, 2.45) is 7.05 Å². The van der Waals surface area contributed by atoms with Gasteiger partial charge in [0, 0.05) is 7.05 Å². The molecule has 1 atom stereocenters. The van der Waals surface area contributed by atoms with E-state index < -0.39 is 11.9 Å². The summed E-state index contributed by atoms with van der Waals surface area (Å²) in [7, 11) is 1.67. The van der Waals surface area contributed by atoms with Crippen molar-refractivity contribution in [1.82, 2.24) is 9.78 Å². The van der Waals surface area contributed by atoms with Crippen LogP contribution in [0, 0.1) is 0 Å². The molecule has 1 aromatic carbocycles. The monoisotopic (exact) mass is 220 g/mol. The number of aromatic nitrogens is 2. The maximum absolute atomic E-state index is 11.0. The molecule has 1 heterocycles. The molecule has 1 aromatic heterocycles. The van der Waals surface area contributed by atoms with Crippen LogP contribution in [0.1, 0.15) is 18.5 Å². The first-order valence-electron chi connectivity index (χ1n) is 4.89. The average Bonchev–Trinajstić information content (AvgIpc) is 2.54. The standard InChI is InChI=1S/C11H12N2O3/c1-6(11(15)16)10-9-7(12-13(10)2)4-3-5-8(9)14/h3-6,14H,1-2H3,(H,15,16). The number of hydrogen-bond donors (Lipinski definition) is 2. The van der Waals surface area contributed by atoms with Gasteiger partial charge in [-0.2, -0.15) is 5.10 Å². The van der Waals surface area contributed by atoms with Gasteiger partial charge in [0.25, 0.3) is 0 Å². The largest absolute Gasteiger partial charge is 0.507 e. The van der Waals surface area contributed by atoms with Gasteiger partial charge in [-0.3, -0.25) is 9.48 Å². The summed E-state index contributed by atoms with van der Waals surface area (Å²) in [6, 6.07) is 4.95. The van der Waals surface area contributed by atoms with E-state index in [-0.39, 0.29) is 5.75 Å². The number of aliphatic carboxylic acids is 1. The smallest absolute Gasteiger partial charge is 0.312 e. The molecule has 0 saturated carbocycles. The molecule has 1 unspecified atom stereocenters. The summed E-state index contributed by atoms with van der Waals surface area (Å²) in [5.74, 6) is -1.58. The number of rotatable bonds is 2. The van der Waals surface area contributed by atoms with Gasteiger partial charge >= 0.3 is 5.97 Å². The van der Waals surface area contributed by atoms with Crippen LogP contribution in [0.3, 0.4) is 0 Å². The van der Waals surface area contributed by atoms with Crippen LogP contribution in [-0.4, -0.2) is 26.0 Å². The number of aryl methyl sites for hydroxylation is 1. The third-order valence-electron chi connectivity index (χ3n) is 2.66. The second-order valence-electron chi connectivity index (χ2n) is 3.74. The summed E-state index contributed by atoms with van der Waals surface area (Å²) in [6.07, 6.45) is 0. The maximum atomic E-state index is 11.0. The highest BCUT2D eigenvalue weighted by atomic mass is 16.4.